The lowest BCUT2D eigenvalue weighted by molar-refractivity contribution is -0.136. The number of hydrogen-bond acceptors (Lipinski definition) is 4. The van der Waals surface area contributed by atoms with E-state index in [1.165, 1.54) is 0 Å². The number of carbonyl (C=O) groups is 2. The van der Waals surface area contributed by atoms with Crippen molar-refractivity contribution in [3.63, 3.8) is 0 Å². The molecule has 26 heavy (non-hydrogen) atoms. The molecule has 0 radical (unpaired) electrons. The fourth-order valence-corrected chi connectivity index (χ4v) is 3.53. The van der Waals surface area contributed by atoms with Crippen molar-refractivity contribution < 1.29 is 14.3 Å². The fraction of sp³-hybridized carbons (Fsp3) is 0.600. The summed E-state index contributed by atoms with van der Waals surface area (Å²) in [5.74, 6) is 0.880. The van der Waals surface area contributed by atoms with E-state index in [1.54, 1.807) is 7.11 Å². The summed E-state index contributed by atoms with van der Waals surface area (Å²) in [6.07, 6.45) is 3.55. The molecule has 1 saturated heterocycles. The summed E-state index contributed by atoms with van der Waals surface area (Å²) >= 11 is 0. The Morgan fingerprint density at radius 3 is 2.65 bits per heavy atom. The SMILES string of the molecule is CCCC[C@H](CNC=O)C(=O)N1CCN(c2ccc(OC)cc2)C(C)C1. The van der Waals surface area contributed by atoms with Crippen LogP contribution in [-0.4, -0.2) is 56.5 Å². The monoisotopic (exact) mass is 361 g/mol. The second-order valence-corrected chi connectivity index (χ2v) is 6.89. The van der Waals surface area contributed by atoms with Crippen molar-refractivity contribution in [3.05, 3.63) is 24.3 Å². The normalized spacial score (nSPS) is 18.3. The lowest BCUT2D eigenvalue weighted by atomic mass is 9.99. The van der Waals surface area contributed by atoms with Crippen LogP contribution in [-0.2, 0) is 9.59 Å². The van der Waals surface area contributed by atoms with Crippen LogP contribution in [0.1, 0.15) is 33.1 Å². The number of nitrogens with one attached hydrogen (secondary N) is 1. The third kappa shape index (κ3) is 5.13. The third-order valence-electron chi connectivity index (χ3n) is 5.05. The number of anilines is 1. The van der Waals surface area contributed by atoms with E-state index < -0.39 is 0 Å². The molecule has 1 aromatic rings. The van der Waals surface area contributed by atoms with Gasteiger partial charge in [0, 0.05) is 37.9 Å². The van der Waals surface area contributed by atoms with Gasteiger partial charge in [-0.25, -0.2) is 0 Å². The molecule has 0 bridgehead atoms. The lowest BCUT2D eigenvalue weighted by Gasteiger charge is -2.42. The van der Waals surface area contributed by atoms with Gasteiger partial charge in [0.1, 0.15) is 5.75 Å². The van der Waals surface area contributed by atoms with Crippen LogP contribution in [0.4, 0.5) is 5.69 Å². The van der Waals surface area contributed by atoms with E-state index in [9.17, 15) is 9.59 Å². The quantitative estimate of drug-likeness (QED) is 0.686. The van der Waals surface area contributed by atoms with Gasteiger partial charge in [-0.1, -0.05) is 19.8 Å². The number of nitrogens with zero attached hydrogens (tertiary/aromatic N) is 2. The zero-order valence-corrected chi connectivity index (χ0v) is 16.1. The number of hydrogen-bond donors (Lipinski definition) is 1. The zero-order chi connectivity index (χ0) is 18.9. The number of carbonyl (C=O) groups excluding carboxylic acids is 2. The molecule has 2 atom stereocenters. The van der Waals surface area contributed by atoms with E-state index in [-0.39, 0.29) is 17.9 Å². The highest BCUT2D eigenvalue weighted by Gasteiger charge is 2.30. The fourth-order valence-electron chi connectivity index (χ4n) is 3.53. The van der Waals surface area contributed by atoms with Crippen LogP contribution in [0.3, 0.4) is 0 Å². The summed E-state index contributed by atoms with van der Waals surface area (Å²) in [7, 11) is 1.66. The first kappa shape index (κ1) is 20.1. The van der Waals surface area contributed by atoms with Crippen molar-refractivity contribution >= 4 is 18.0 Å². The molecule has 1 unspecified atom stereocenters. The second kappa shape index (κ2) is 10.0. The van der Waals surface area contributed by atoms with Gasteiger partial charge in [0.05, 0.1) is 13.0 Å². The first-order valence-corrected chi connectivity index (χ1v) is 9.47. The summed E-state index contributed by atoms with van der Waals surface area (Å²) in [5.41, 5.74) is 1.15. The summed E-state index contributed by atoms with van der Waals surface area (Å²) in [6.45, 7) is 6.91. The number of ether oxygens (including phenoxy) is 1. The molecule has 144 valence electrons. The van der Waals surface area contributed by atoms with E-state index in [0.717, 1.165) is 37.2 Å². The highest BCUT2D eigenvalue weighted by atomic mass is 16.5. The average molecular weight is 361 g/mol. The molecule has 1 aliphatic rings. The number of piperazine rings is 1. The molecule has 0 spiro atoms. The summed E-state index contributed by atoms with van der Waals surface area (Å²) < 4.78 is 5.22. The van der Waals surface area contributed by atoms with Crippen LogP contribution in [0.5, 0.6) is 5.75 Å². The summed E-state index contributed by atoms with van der Waals surface area (Å²) in [4.78, 5) is 27.8. The molecule has 6 heteroatoms. The first-order chi connectivity index (χ1) is 12.6. The topological polar surface area (TPSA) is 61.9 Å². The van der Waals surface area contributed by atoms with Gasteiger partial charge in [-0.2, -0.15) is 0 Å². The Hall–Kier alpha value is -2.24. The Morgan fingerprint density at radius 1 is 1.35 bits per heavy atom. The Balaban J connectivity index is 1.98. The molecule has 0 aromatic heterocycles. The van der Waals surface area contributed by atoms with Gasteiger partial charge in [-0.05, 0) is 37.6 Å². The van der Waals surface area contributed by atoms with Gasteiger partial charge < -0.3 is 19.9 Å². The predicted octanol–water partition coefficient (Wildman–Crippen LogP) is 2.28. The van der Waals surface area contributed by atoms with Gasteiger partial charge in [-0.3, -0.25) is 9.59 Å². The van der Waals surface area contributed by atoms with E-state index in [0.29, 0.717) is 26.0 Å². The molecular weight excluding hydrogens is 330 g/mol. The molecule has 0 saturated carbocycles. The van der Waals surface area contributed by atoms with Crippen LogP contribution < -0.4 is 15.0 Å². The molecule has 0 aliphatic carbocycles. The van der Waals surface area contributed by atoms with Gasteiger partial charge >= 0.3 is 0 Å². The van der Waals surface area contributed by atoms with Crippen LogP contribution >= 0.6 is 0 Å². The molecule has 1 heterocycles. The van der Waals surface area contributed by atoms with Crippen molar-refractivity contribution in [1.82, 2.24) is 10.2 Å². The molecule has 6 nitrogen and oxygen atoms in total. The van der Waals surface area contributed by atoms with Crippen molar-refractivity contribution in [2.45, 2.75) is 39.2 Å². The number of benzene rings is 1. The molecular formula is C20H31N3O3. The van der Waals surface area contributed by atoms with Gasteiger partial charge in [0.2, 0.25) is 12.3 Å². The minimum absolute atomic E-state index is 0.125. The third-order valence-corrected chi connectivity index (χ3v) is 5.05. The van der Waals surface area contributed by atoms with Crippen LogP contribution in [0.15, 0.2) is 24.3 Å². The second-order valence-electron chi connectivity index (χ2n) is 6.89. The summed E-state index contributed by atoms with van der Waals surface area (Å²) in [6, 6.07) is 8.29. The molecule has 1 fully saturated rings. The Morgan fingerprint density at radius 2 is 2.08 bits per heavy atom. The zero-order valence-electron chi connectivity index (χ0n) is 16.1. The van der Waals surface area contributed by atoms with Crippen molar-refractivity contribution in [3.8, 4) is 5.75 Å². The number of unbranched alkanes of at least 4 members (excludes halogenated alkanes) is 1. The molecule has 1 aromatic carbocycles. The maximum Gasteiger partial charge on any atom is 0.227 e. The highest BCUT2D eigenvalue weighted by molar-refractivity contribution is 5.79. The smallest absolute Gasteiger partial charge is 0.227 e. The van der Waals surface area contributed by atoms with Crippen molar-refractivity contribution in [2.24, 2.45) is 5.92 Å². The molecule has 1 aliphatic heterocycles. The maximum absolute atomic E-state index is 12.9. The van der Waals surface area contributed by atoms with Gasteiger partial charge in [0.15, 0.2) is 0 Å². The lowest BCUT2D eigenvalue weighted by Crippen LogP contribution is -2.55. The Labute approximate surface area is 156 Å². The van der Waals surface area contributed by atoms with E-state index in [4.69, 9.17) is 4.74 Å². The number of methoxy groups -OCH3 is 1. The minimum atomic E-state index is -0.125. The van der Waals surface area contributed by atoms with Crippen molar-refractivity contribution in [1.29, 1.82) is 0 Å². The van der Waals surface area contributed by atoms with Crippen LogP contribution in [0, 0.1) is 5.92 Å². The van der Waals surface area contributed by atoms with E-state index in [2.05, 4.69) is 36.2 Å². The maximum atomic E-state index is 12.9. The van der Waals surface area contributed by atoms with E-state index in [1.807, 2.05) is 17.0 Å². The predicted molar refractivity (Wildman–Crippen MR) is 103 cm³/mol. The van der Waals surface area contributed by atoms with Gasteiger partial charge in [0.25, 0.3) is 0 Å². The molecule has 2 amide bonds. The number of amides is 2. The molecule has 1 N–H and O–H groups in total. The Bertz CT molecular complexity index is 576. The van der Waals surface area contributed by atoms with Crippen LogP contribution in [0.2, 0.25) is 0 Å². The largest absolute Gasteiger partial charge is 0.497 e. The van der Waals surface area contributed by atoms with Crippen LogP contribution in [0.25, 0.3) is 0 Å². The molecule has 2 rings (SSSR count). The van der Waals surface area contributed by atoms with E-state index >= 15 is 0 Å². The Kier molecular flexibility index (Phi) is 7.75. The standard InChI is InChI=1S/C20H31N3O3/c1-4-5-6-17(13-21-15-24)20(25)22-11-12-23(16(2)14-22)18-7-9-19(26-3)10-8-18/h7-10,15-17H,4-6,11-14H2,1-3H3,(H,21,24)/t16?,17-/m1/s1. The highest BCUT2D eigenvalue weighted by Crippen LogP contribution is 2.24. The van der Waals surface area contributed by atoms with Gasteiger partial charge in [-0.15, -0.1) is 0 Å². The average Bonchev–Trinajstić information content (AvgIpc) is 2.67. The first-order valence-electron chi connectivity index (χ1n) is 9.47. The minimum Gasteiger partial charge on any atom is -0.497 e. The summed E-state index contributed by atoms with van der Waals surface area (Å²) in [5, 5.41) is 2.68. The number of rotatable bonds is 9. The van der Waals surface area contributed by atoms with Crippen molar-refractivity contribution in [2.75, 3.05) is 38.2 Å².